The third kappa shape index (κ3) is 6.86. The van der Waals surface area contributed by atoms with E-state index < -0.39 is 28.8 Å². The van der Waals surface area contributed by atoms with Gasteiger partial charge in [-0.15, -0.1) is 0 Å². The second-order valence-electron chi connectivity index (χ2n) is 15.2. The van der Waals surface area contributed by atoms with Crippen molar-refractivity contribution in [3.63, 3.8) is 0 Å². The molecule has 0 aliphatic rings. The molecule has 0 aliphatic carbocycles. The lowest BCUT2D eigenvalue weighted by Gasteiger charge is -2.50. The highest BCUT2D eigenvalue weighted by Crippen LogP contribution is 2.48. The average molecular weight is 691 g/mol. The van der Waals surface area contributed by atoms with E-state index in [0.29, 0.717) is 0 Å². The summed E-state index contributed by atoms with van der Waals surface area (Å²) >= 11 is 0. The van der Waals surface area contributed by atoms with Crippen molar-refractivity contribution in [2.45, 2.75) is 63.8 Å². The molecule has 6 aromatic rings. The first-order chi connectivity index (χ1) is 24.1. The topological polar surface area (TPSA) is 18.5 Å². The molecule has 0 radical (unpaired) electrons. The first-order valence-corrected chi connectivity index (χ1v) is 21.6. The van der Waals surface area contributed by atoms with Crippen LogP contribution in [0.25, 0.3) is 0 Å². The highest BCUT2D eigenvalue weighted by atomic mass is 28.4. The lowest BCUT2D eigenvalue weighted by Crippen LogP contribution is -2.68. The molecule has 0 fully saturated rings. The van der Waals surface area contributed by atoms with Crippen LogP contribution in [0.1, 0.15) is 64.9 Å². The highest BCUT2D eigenvalue weighted by Gasteiger charge is 2.56. The van der Waals surface area contributed by atoms with E-state index in [4.69, 9.17) is 8.85 Å². The summed E-state index contributed by atoms with van der Waals surface area (Å²) in [6.07, 6.45) is -0.849. The third-order valence-electron chi connectivity index (χ3n) is 9.97. The fourth-order valence-corrected chi connectivity index (χ4v) is 17.0. The second kappa shape index (κ2) is 14.9. The first kappa shape index (κ1) is 35.5. The van der Waals surface area contributed by atoms with Gasteiger partial charge in [0, 0.05) is 0 Å². The standard InChI is InChI=1S/C46H50O2Si2/c1-45(2,3)49(39-29-17-9-18-30-39,40-31-19-10-20-32-40)47-43(37-25-13-7-14-26-37)44(38-27-15-8-16-28-38)48-50(46(4,5)6,41-33-21-11-22-34-41)42-35-23-12-24-36-42/h7-36,43-44H,1-6H3/t43-,44-/m1/s1. The van der Waals surface area contributed by atoms with Crippen molar-refractivity contribution >= 4 is 37.4 Å². The normalized spacial score (nSPS) is 13.8. The molecule has 0 saturated heterocycles. The van der Waals surface area contributed by atoms with Crippen molar-refractivity contribution in [3.8, 4) is 0 Å². The zero-order valence-electron chi connectivity index (χ0n) is 30.3. The zero-order chi connectivity index (χ0) is 35.2. The Labute approximate surface area is 302 Å². The van der Waals surface area contributed by atoms with Crippen LogP contribution in [0.5, 0.6) is 0 Å². The van der Waals surface area contributed by atoms with Crippen LogP contribution >= 0.6 is 0 Å². The van der Waals surface area contributed by atoms with Crippen molar-refractivity contribution in [1.82, 2.24) is 0 Å². The van der Waals surface area contributed by atoms with Crippen molar-refractivity contribution < 1.29 is 8.85 Å². The number of hydrogen-bond donors (Lipinski definition) is 0. The Morgan fingerprint density at radius 3 is 0.720 bits per heavy atom. The highest BCUT2D eigenvalue weighted by molar-refractivity contribution is 7.00. The molecule has 0 bridgehead atoms. The Kier molecular flexibility index (Phi) is 10.6. The molecule has 50 heavy (non-hydrogen) atoms. The minimum Gasteiger partial charge on any atom is -0.397 e. The minimum absolute atomic E-state index is 0.221. The number of hydrogen-bond acceptors (Lipinski definition) is 2. The molecule has 4 heteroatoms. The maximum absolute atomic E-state index is 8.14. The molecule has 254 valence electrons. The molecule has 2 nitrogen and oxygen atoms in total. The van der Waals surface area contributed by atoms with Gasteiger partial charge in [-0.1, -0.05) is 224 Å². The van der Waals surface area contributed by atoms with Gasteiger partial charge in [0.15, 0.2) is 0 Å². The van der Waals surface area contributed by atoms with Gasteiger partial charge in [0.1, 0.15) is 12.2 Å². The fraction of sp³-hybridized carbons (Fsp3) is 0.217. The van der Waals surface area contributed by atoms with Crippen LogP contribution in [0, 0.1) is 0 Å². The van der Waals surface area contributed by atoms with Crippen LogP contribution in [-0.4, -0.2) is 16.6 Å². The summed E-state index contributed by atoms with van der Waals surface area (Å²) in [5.74, 6) is 0. The number of benzene rings is 6. The van der Waals surface area contributed by atoms with Gasteiger partial charge in [-0.3, -0.25) is 0 Å². The SMILES string of the molecule is CC(C)(C)[Si](O[C@H](c1ccccc1)[C@H](O[Si](c1ccccc1)(c1ccccc1)C(C)(C)C)c1ccccc1)(c1ccccc1)c1ccccc1. The van der Waals surface area contributed by atoms with Gasteiger partial charge in [0.2, 0.25) is 0 Å². The van der Waals surface area contributed by atoms with Crippen LogP contribution in [0.3, 0.4) is 0 Å². The summed E-state index contributed by atoms with van der Waals surface area (Å²) in [5, 5.41) is 4.55. The van der Waals surface area contributed by atoms with Crippen LogP contribution in [0.15, 0.2) is 182 Å². The maximum atomic E-state index is 8.14. The molecule has 0 aliphatic heterocycles. The van der Waals surface area contributed by atoms with E-state index in [-0.39, 0.29) is 10.1 Å². The van der Waals surface area contributed by atoms with E-state index in [0.717, 1.165) is 11.1 Å². The lowest BCUT2D eigenvalue weighted by atomic mass is 9.98. The summed E-state index contributed by atoms with van der Waals surface area (Å²) in [7, 11) is -6.07. The Morgan fingerprint density at radius 2 is 0.520 bits per heavy atom. The molecule has 0 unspecified atom stereocenters. The van der Waals surface area contributed by atoms with Gasteiger partial charge < -0.3 is 8.85 Å². The van der Waals surface area contributed by atoms with E-state index >= 15 is 0 Å². The van der Waals surface area contributed by atoms with Crippen molar-refractivity contribution in [1.29, 1.82) is 0 Å². The lowest BCUT2D eigenvalue weighted by molar-refractivity contribution is 0.0387. The molecule has 2 atom stereocenters. The summed E-state index contributed by atoms with van der Waals surface area (Å²) in [4.78, 5) is 0. The third-order valence-corrected chi connectivity index (χ3v) is 20.0. The number of rotatable bonds is 11. The Morgan fingerprint density at radius 1 is 0.320 bits per heavy atom. The van der Waals surface area contributed by atoms with Crippen molar-refractivity contribution in [2.75, 3.05) is 0 Å². The van der Waals surface area contributed by atoms with Gasteiger partial charge in [0.25, 0.3) is 16.6 Å². The predicted octanol–water partition coefficient (Wildman–Crippen LogP) is 9.62. The van der Waals surface area contributed by atoms with E-state index in [9.17, 15) is 0 Å². The smallest absolute Gasteiger partial charge is 0.262 e. The van der Waals surface area contributed by atoms with E-state index in [1.807, 2.05) is 0 Å². The summed E-state index contributed by atoms with van der Waals surface area (Å²) in [5.41, 5.74) is 2.21. The largest absolute Gasteiger partial charge is 0.397 e. The predicted molar refractivity (Wildman–Crippen MR) is 216 cm³/mol. The Bertz CT molecular complexity index is 1680. The fourth-order valence-electron chi connectivity index (χ4n) is 7.66. The van der Waals surface area contributed by atoms with Crippen LogP contribution in [0.2, 0.25) is 10.1 Å². The molecule has 6 rings (SSSR count). The van der Waals surface area contributed by atoms with Crippen LogP contribution in [-0.2, 0) is 8.85 Å². The van der Waals surface area contributed by atoms with Crippen LogP contribution in [0.4, 0.5) is 0 Å². The molecule has 0 heterocycles. The molecule has 0 aromatic heterocycles. The first-order valence-electron chi connectivity index (χ1n) is 17.8. The molecule has 0 saturated carbocycles. The summed E-state index contributed by atoms with van der Waals surface area (Å²) in [6.45, 7) is 14.1. The quantitative estimate of drug-likeness (QED) is 0.126. The van der Waals surface area contributed by atoms with Crippen molar-refractivity contribution in [2.24, 2.45) is 0 Å². The van der Waals surface area contributed by atoms with Gasteiger partial charge in [-0.25, -0.2) is 0 Å². The summed E-state index contributed by atoms with van der Waals surface area (Å²) in [6, 6.07) is 65.3. The average Bonchev–Trinajstić information content (AvgIpc) is 3.14. The molecule has 0 spiro atoms. The van der Waals surface area contributed by atoms with Gasteiger partial charge in [-0.05, 0) is 42.0 Å². The summed E-state index contributed by atoms with van der Waals surface area (Å²) < 4.78 is 16.3. The van der Waals surface area contributed by atoms with E-state index in [2.05, 4.69) is 224 Å². The van der Waals surface area contributed by atoms with Crippen molar-refractivity contribution in [3.05, 3.63) is 193 Å². The van der Waals surface area contributed by atoms with E-state index in [1.54, 1.807) is 0 Å². The van der Waals surface area contributed by atoms with Gasteiger partial charge in [0.05, 0.1) is 0 Å². The van der Waals surface area contributed by atoms with Gasteiger partial charge in [-0.2, -0.15) is 0 Å². The Hall–Kier alpha value is -4.33. The van der Waals surface area contributed by atoms with Gasteiger partial charge >= 0.3 is 0 Å². The molecular formula is C46H50O2Si2. The molecule has 0 N–H and O–H groups in total. The van der Waals surface area contributed by atoms with E-state index in [1.165, 1.54) is 20.7 Å². The Balaban J connectivity index is 1.67. The minimum atomic E-state index is -3.04. The zero-order valence-corrected chi connectivity index (χ0v) is 32.3. The molecule has 6 aromatic carbocycles. The monoisotopic (exact) mass is 690 g/mol. The second-order valence-corrected chi connectivity index (χ2v) is 23.7. The maximum Gasteiger partial charge on any atom is 0.262 e. The van der Waals surface area contributed by atoms with Crippen LogP contribution < -0.4 is 20.7 Å². The molecule has 0 amide bonds. The molecular weight excluding hydrogens is 641 g/mol.